The number of benzene rings is 2. The number of rotatable bonds is 8. The van der Waals surface area contributed by atoms with Gasteiger partial charge >= 0.3 is 0 Å². The highest BCUT2D eigenvalue weighted by Crippen LogP contribution is 2.29. The fourth-order valence-corrected chi connectivity index (χ4v) is 5.02. The molecule has 1 saturated heterocycles. The van der Waals surface area contributed by atoms with Crippen LogP contribution in [0.3, 0.4) is 0 Å². The standard InChI is InChI=1S/C20H24O9S2/c1-13-4-8-15(9-5-13)30(22,23)27-12-17-19(18(21)20(26-3)28-17)29-31(24,25)16-10-6-14(2)7-11-16/h4-11,17-21H,12H2,1-3H3/t17-,18-,19+,20?/m1/s1. The van der Waals surface area contributed by atoms with Gasteiger partial charge in [0, 0.05) is 7.11 Å². The van der Waals surface area contributed by atoms with Gasteiger partial charge in [0.25, 0.3) is 20.2 Å². The van der Waals surface area contributed by atoms with E-state index in [2.05, 4.69) is 0 Å². The van der Waals surface area contributed by atoms with Crippen molar-refractivity contribution in [2.75, 3.05) is 13.7 Å². The highest BCUT2D eigenvalue weighted by atomic mass is 32.2. The minimum absolute atomic E-state index is 0.0651. The van der Waals surface area contributed by atoms with Crippen LogP contribution in [0.2, 0.25) is 0 Å². The van der Waals surface area contributed by atoms with Crippen LogP contribution in [0.4, 0.5) is 0 Å². The average molecular weight is 473 g/mol. The minimum Gasteiger partial charge on any atom is -0.385 e. The van der Waals surface area contributed by atoms with Crippen molar-refractivity contribution in [3.05, 3.63) is 59.7 Å². The number of methoxy groups -OCH3 is 1. The average Bonchev–Trinajstić information content (AvgIpc) is 3.01. The van der Waals surface area contributed by atoms with Crippen LogP contribution in [0.1, 0.15) is 11.1 Å². The van der Waals surface area contributed by atoms with Crippen LogP contribution in [0.15, 0.2) is 58.3 Å². The van der Waals surface area contributed by atoms with Gasteiger partial charge in [0.1, 0.15) is 18.3 Å². The lowest BCUT2D eigenvalue weighted by molar-refractivity contribution is -0.151. The third kappa shape index (κ3) is 5.50. The van der Waals surface area contributed by atoms with Gasteiger partial charge in [-0.05, 0) is 38.1 Å². The molecule has 1 aliphatic rings. The molecule has 1 N–H and O–H groups in total. The summed E-state index contributed by atoms with van der Waals surface area (Å²) in [6, 6.07) is 12.0. The monoisotopic (exact) mass is 472 g/mol. The van der Waals surface area contributed by atoms with Gasteiger partial charge < -0.3 is 14.6 Å². The molecule has 0 radical (unpaired) electrons. The van der Waals surface area contributed by atoms with E-state index in [1.807, 2.05) is 6.92 Å². The Hall–Kier alpha value is -1.86. The molecule has 0 amide bonds. The molecule has 4 atom stereocenters. The molecule has 0 aliphatic carbocycles. The van der Waals surface area contributed by atoms with E-state index in [-0.39, 0.29) is 9.79 Å². The summed E-state index contributed by atoms with van der Waals surface area (Å²) in [5, 5.41) is 10.4. The number of hydrogen-bond donors (Lipinski definition) is 1. The Morgan fingerprint density at radius 2 is 1.35 bits per heavy atom. The molecule has 2 aromatic rings. The molecular weight excluding hydrogens is 448 g/mol. The summed E-state index contributed by atoms with van der Waals surface area (Å²) in [4.78, 5) is -0.178. The van der Waals surface area contributed by atoms with Crippen LogP contribution in [-0.2, 0) is 38.1 Å². The topological polar surface area (TPSA) is 125 Å². The molecular formula is C20H24O9S2. The second-order valence-electron chi connectivity index (χ2n) is 7.15. The molecule has 0 aromatic heterocycles. The third-order valence-electron chi connectivity index (χ3n) is 4.77. The molecule has 170 valence electrons. The van der Waals surface area contributed by atoms with Gasteiger partial charge in [-0.15, -0.1) is 0 Å². The zero-order valence-corrected chi connectivity index (χ0v) is 18.8. The lowest BCUT2D eigenvalue weighted by Crippen LogP contribution is -2.39. The van der Waals surface area contributed by atoms with Gasteiger partial charge in [0.15, 0.2) is 6.29 Å². The predicted octanol–water partition coefficient (Wildman–Crippen LogP) is 1.52. The van der Waals surface area contributed by atoms with Crippen molar-refractivity contribution in [1.29, 1.82) is 0 Å². The molecule has 0 saturated carbocycles. The first-order valence-corrected chi connectivity index (χ1v) is 12.2. The fraction of sp³-hybridized carbons (Fsp3) is 0.400. The molecule has 1 aliphatic heterocycles. The summed E-state index contributed by atoms with van der Waals surface area (Å²) >= 11 is 0. The fourth-order valence-electron chi connectivity index (χ4n) is 2.99. The summed E-state index contributed by atoms with van der Waals surface area (Å²) in [5.74, 6) is 0. The van der Waals surface area contributed by atoms with Gasteiger partial charge in [0.05, 0.1) is 16.4 Å². The summed E-state index contributed by atoms with van der Waals surface area (Å²) in [6.07, 6.45) is -5.36. The van der Waals surface area contributed by atoms with E-state index >= 15 is 0 Å². The Morgan fingerprint density at radius 3 is 1.84 bits per heavy atom. The maximum atomic E-state index is 12.7. The molecule has 2 aromatic carbocycles. The van der Waals surface area contributed by atoms with Crippen molar-refractivity contribution in [3.8, 4) is 0 Å². The number of ether oxygens (including phenoxy) is 2. The molecule has 31 heavy (non-hydrogen) atoms. The van der Waals surface area contributed by atoms with Gasteiger partial charge in [-0.1, -0.05) is 35.4 Å². The van der Waals surface area contributed by atoms with E-state index in [0.717, 1.165) is 11.1 Å². The largest absolute Gasteiger partial charge is 0.385 e. The first-order valence-electron chi connectivity index (χ1n) is 9.36. The van der Waals surface area contributed by atoms with Gasteiger partial charge in [-0.2, -0.15) is 16.8 Å². The SMILES string of the molecule is COC1O[C@H](COS(=O)(=O)c2ccc(C)cc2)[C@H](OS(=O)(=O)c2ccc(C)cc2)[C@H]1O. The summed E-state index contributed by atoms with van der Waals surface area (Å²) < 4.78 is 70.9. The van der Waals surface area contributed by atoms with Crippen LogP contribution in [0.5, 0.6) is 0 Å². The maximum Gasteiger partial charge on any atom is 0.297 e. The van der Waals surface area contributed by atoms with Crippen LogP contribution >= 0.6 is 0 Å². The van der Waals surface area contributed by atoms with E-state index in [4.69, 9.17) is 17.8 Å². The molecule has 9 nitrogen and oxygen atoms in total. The Kier molecular flexibility index (Phi) is 7.16. The zero-order chi connectivity index (χ0) is 22.8. The van der Waals surface area contributed by atoms with Crippen LogP contribution in [-0.4, -0.2) is 60.3 Å². The lowest BCUT2D eigenvalue weighted by Gasteiger charge is -2.20. The number of aliphatic hydroxyl groups excluding tert-OH is 1. The van der Waals surface area contributed by atoms with E-state index in [0.29, 0.717) is 0 Å². The van der Waals surface area contributed by atoms with Crippen molar-refractivity contribution in [3.63, 3.8) is 0 Å². The quantitative estimate of drug-likeness (QED) is 0.569. The normalized spacial score (nSPS) is 24.4. The van der Waals surface area contributed by atoms with Gasteiger partial charge in [0.2, 0.25) is 0 Å². The molecule has 0 bridgehead atoms. The van der Waals surface area contributed by atoms with Gasteiger partial charge in [-0.25, -0.2) is 0 Å². The van der Waals surface area contributed by atoms with E-state index in [1.165, 1.54) is 31.4 Å². The zero-order valence-electron chi connectivity index (χ0n) is 17.2. The molecule has 1 fully saturated rings. The maximum absolute atomic E-state index is 12.7. The van der Waals surface area contributed by atoms with Crippen molar-refractivity contribution < 1.29 is 39.8 Å². The second-order valence-corrected chi connectivity index (χ2v) is 10.3. The molecule has 3 rings (SSSR count). The van der Waals surface area contributed by atoms with Crippen LogP contribution in [0.25, 0.3) is 0 Å². The molecule has 1 unspecified atom stereocenters. The van der Waals surface area contributed by atoms with Gasteiger partial charge in [-0.3, -0.25) is 8.37 Å². The second kappa shape index (κ2) is 9.33. The van der Waals surface area contributed by atoms with Crippen LogP contribution in [0, 0.1) is 13.8 Å². The van der Waals surface area contributed by atoms with E-state index < -0.39 is 51.4 Å². The Bertz CT molecular complexity index is 1090. The summed E-state index contributed by atoms with van der Waals surface area (Å²) in [6.45, 7) is 3.03. The highest BCUT2D eigenvalue weighted by Gasteiger charge is 2.48. The Balaban J connectivity index is 1.78. The lowest BCUT2D eigenvalue weighted by atomic mass is 10.1. The van der Waals surface area contributed by atoms with E-state index in [1.54, 1.807) is 31.2 Å². The van der Waals surface area contributed by atoms with E-state index in [9.17, 15) is 21.9 Å². The first kappa shape index (κ1) is 23.8. The number of aryl methyl sites for hydroxylation is 2. The van der Waals surface area contributed by atoms with Crippen molar-refractivity contribution in [1.82, 2.24) is 0 Å². The van der Waals surface area contributed by atoms with Crippen molar-refractivity contribution in [2.24, 2.45) is 0 Å². The number of hydrogen-bond acceptors (Lipinski definition) is 9. The summed E-state index contributed by atoms with van der Waals surface area (Å²) in [5.41, 5.74) is 1.73. The molecule has 1 heterocycles. The summed E-state index contributed by atoms with van der Waals surface area (Å²) in [7, 11) is -7.15. The van der Waals surface area contributed by atoms with Crippen molar-refractivity contribution in [2.45, 2.75) is 48.2 Å². The molecule has 0 spiro atoms. The first-order chi connectivity index (χ1) is 14.5. The molecule has 11 heteroatoms. The van der Waals surface area contributed by atoms with Crippen molar-refractivity contribution >= 4 is 20.2 Å². The van der Waals surface area contributed by atoms with Crippen LogP contribution < -0.4 is 0 Å². The smallest absolute Gasteiger partial charge is 0.297 e. The Labute approximate surface area is 181 Å². The predicted molar refractivity (Wildman–Crippen MR) is 109 cm³/mol. The third-order valence-corrected chi connectivity index (χ3v) is 7.39. The number of aliphatic hydroxyl groups is 1. The Morgan fingerprint density at radius 1 is 0.871 bits per heavy atom. The minimum atomic E-state index is -4.27. The highest BCUT2D eigenvalue weighted by molar-refractivity contribution is 7.87.